The van der Waals surface area contributed by atoms with Crippen LogP contribution in [0.25, 0.3) is 0 Å². The lowest BCUT2D eigenvalue weighted by Gasteiger charge is -2.30. The molecule has 43 heavy (non-hydrogen) atoms. The van der Waals surface area contributed by atoms with Gasteiger partial charge >= 0.3 is 5.97 Å². The van der Waals surface area contributed by atoms with Crippen LogP contribution < -0.4 is 38.1 Å². The molecule has 244 valence electrons. The first kappa shape index (κ1) is 35.9. The lowest BCUT2D eigenvalue weighted by Crippen LogP contribution is -2.58. The fraction of sp³-hybridized carbons (Fsp3) is 0.786. The fourth-order valence-electron chi connectivity index (χ4n) is 5.26. The zero-order valence-corrected chi connectivity index (χ0v) is 25.4. The highest BCUT2D eigenvalue weighted by Gasteiger charge is 2.39. The van der Waals surface area contributed by atoms with Crippen LogP contribution in [-0.2, 0) is 28.8 Å². The maximum atomic E-state index is 13.7. The number of aliphatic carboxylic acids is 1. The summed E-state index contributed by atoms with van der Waals surface area (Å²) in [5.74, 6) is -3.58. The van der Waals surface area contributed by atoms with Gasteiger partial charge in [0.05, 0.1) is 6.04 Å². The molecule has 0 aromatic rings. The number of nitrogens with one attached hydrogen (secondary N) is 5. The molecule has 0 aromatic heterocycles. The minimum Gasteiger partial charge on any atom is -0.480 e. The molecule has 15 nitrogen and oxygen atoms in total. The van der Waals surface area contributed by atoms with Gasteiger partial charge in [0.2, 0.25) is 29.5 Å². The predicted molar refractivity (Wildman–Crippen MR) is 158 cm³/mol. The van der Waals surface area contributed by atoms with Crippen molar-refractivity contribution in [2.45, 2.75) is 114 Å². The number of hydrogen-bond donors (Lipinski definition) is 8. The smallest absolute Gasteiger partial charge is 0.326 e. The summed E-state index contributed by atoms with van der Waals surface area (Å²) in [5.41, 5.74) is 11.1. The summed E-state index contributed by atoms with van der Waals surface area (Å²) in [6.07, 6.45) is 5.35. The Hall–Kier alpha value is -3.30. The van der Waals surface area contributed by atoms with E-state index < -0.39 is 59.8 Å². The largest absolute Gasteiger partial charge is 0.480 e. The van der Waals surface area contributed by atoms with Crippen LogP contribution in [0.1, 0.15) is 78.1 Å². The standard InChI is InChI=1S/C28H50N8O7/c1-17(32-25(39)19-11-7-15-31-19)23(37)34-20(9-3-5-13-29)27(41)36-16-8-12-22(36)26(40)33-18(2)24(38)35-21(28(42)43)10-4-6-14-30/h17-22,31H,3-16,29-30H2,1-2H3,(H,32,39)(H,33,40)(H,34,37)(H,35,38)(H,42,43)/t17-,18-,19-,20-,21-,22-/m0/s1. The van der Waals surface area contributed by atoms with Crippen molar-refractivity contribution in [2.24, 2.45) is 11.5 Å². The van der Waals surface area contributed by atoms with Gasteiger partial charge in [-0.15, -0.1) is 0 Å². The third-order valence-electron chi connectivity index (χ3n) is 7.84. The SMILES string of the molecule is C[C@H](NC(=O)[C@@H]1CCCN1)C(=O)N[C@@H](CCCCN)C(=O)N1CCC[C@H]1C(=O)N[C@@H](C)C(=O)N[C@@H](CCCCN)C(=O)O. The Labute approximate surface area is 253 Å². The molecule has 0 spiro atoms. The molecular weight excluding hydrogens is 560 g/mol. The summed E-state index contributed by atoms with van der Waals surface area (Å²) in [4.78, 5) is 77.9. The Morgan fingerprint density at radius 2 is 1.35 bits per heavy atom. The minimum atomic E-state index is -1.18. The van der Waals surface area contributed by atoms with Crippen molar-refractivity contribution in [1.29, 1.82) is 0 Å². The van der Waals surface area contributed by atoms with E-state index in [2.05, 4.69) is 26.6 Å². The van der Waals surface area contributed by atoms with Crippen molar-refractivity contribution in [1.82, 2.24) is 31.5 Å². The van der Waals surface area contributed by atoms with E-state index in [0.29, 0.717) is 71.0 Å². The van der Waals surface area contributed by atoms with E-state index in [1.807, 2.05) is 0 Å². The Kier molecular flexibility index (Phi) is 15.3. The monoisotopic (exact) mass is 610 g/mol. The third-order valence-corrected chi connectivity index (χ3v) is 7.84. The average Bonchev–Trinajstić information content (AvgIpc) is 3.68. The van der Waals surface area contributed by atoms with E-state index in [4.69, 9.17) is 11.5 Å². The van der Waals surface area contributed by atoms with Crippen molar-refractivity contribution >= 4 is 35.5 Å². The number of carboxylic acid groups (broad SMARTS) is 1. The van der Waals surface area contributed by atoms with Crippen LogP contribution in [-0.4, -0.2) is 108 Å². The second-order valence-electron chi connectivity index (χ2n) is 11.3. The summed E-state index contributed by atoms with van der Waals surface area (Å²) in [5, 5.41) is 23.0. The number of nitrogens with zero attached hydrogens (tertiary/aromatic N) is 1. The Morgan fingerprint density at radius 1 is 0.791 bits per heavy atom. The fourth-order valence-corrected chi connectivity index (χ4v) is 5.26. The molecule has 0 bridgehead atoms. The van der Waals surface area contributed by atoms with Gasteiger partial charge in [0.15, 0.2) is 0 Å². The first-order valence-electron chi connectivity index (χ1n) is 15.4. The van der Waals surface area contributed by atoms with Gasteiger partial charge in [-0.3, -0.25) is 24.0 Å². The number of rotatable bonds is 18. The van der Waals surface area contributed by atoms with Gasteiger partial charge in [-0.1, -0.05) is 0 Å². The number of amides is 5. The van der Waals surface area contributed by atoms with Crippen LogP contribution in [0.5, 0.6) is 0 Å². The summed E-state index contributed by atoms with van der Waals surface area (Å²) in [6, 6.07) is -5.16. The van der Waals surface area contributed by atoms with Crippen molar-refractivity contribution < 1.29 is 33.9 Å². The van der Waals surface area contributed by atoms with Gasteiger partial charge < -0.3 is 48.1 Å². The maximum Gasteiger partial charge on any atom is 0.326 e. The molecule has 2 saturated heterocycles. The van der Waals surface area contributed by atoms with Gasteiger partial charge in [-0.2, -0.15) is 0 Å². The minimum absolute atomic E-state index is 0.209. The van der Waals surface area contributed by atoms with E-state index in [9.17, 15) is 33.9 Å². The molecule has 2 fully saturated rings. The van der Waals surface area contributed by atoms with Crippen molar-refractivity contribution in [2.75, 3.05) is 26.2 Å². The van der Waals surface area contributed by atoms with Crippen LogP contribution in [0.15, 0.2) is 0 Å². The highest BCUT2D eigenvalue weighted by atomic mass is 16.4. The molecule has 2 aliphatic heterocycles. The number of carbonyl (C=O) groups excluding carboxylic acids is 5. The van der Waals surface area contributed by atoms with Gasteiger partial charge in [0.1, 0.15) is 30.2 Å². The van der Waals surface area contributed by atoms with Crippen molar-refractivity contribution in [3.63, 3.8) is 0 Å². The lowest BCUT2D eigenvalue weighted by molar-refractivity contribution is -0.143. The zero-order valence-electron chi connectivity index (χ0n) is 25.4. The Morgan fingerprint density at radius 3 is 1.88 bits per heavy atom. The zero-order chi connectivity index (χ0) is 31.9. The summed E-state index contributed by atoms with van der Waals surface area (Å²) in [6.45, 7) is 4.86. The number of likely N-dealkylation sites (tertiary alicyclic amines) is 1. The normalized spacial score (nSPS) is 20.9. The van der Waals surface area contributed by atoms with Crippen LogP contribution in [0.2, 0.25) is 0 Å². The molecule has 0 aliphatic carbocycles. The van der Waals surface area contributed by atoms with Gasteiger partial charge in [0.25, 0.3) is 0 Å². The number of carboxylic acids is 1. The molecule has 0 radical (unpaired) electrons. The predicted octanol–water partition coefficient (Wildman–Crippen LogP) is -1.95. The topological polar surface area (TPSA) is 238 Å². The first-order valence-corrected chi connectivity index (χ1v) is 15.4. The van der Waals surface area contributed by atoms with E-state index in [1.54, 1.807) is 6.92 Å². The highest BCUT2D eigenvalue weighted by Crippen LogP contribution is 2.20. The molecule has 15 heteroatoms. The molecule has 2 aliphatic rings. The van der Waals surface area contributed by atoms with Gasteiger partial charge in [-0.05, 0) is 97.7 Å². The van der Waals surface area contributed by atoms with E-state index >= 15 is 0 Å². The Bertz CT molecular complexity index is 975. The second-order valence-corrected chi connectivity index (χ2v) is 11.3. The lowest BCUT2D eigenvalue weighted by atomic mass is 10.1. The van der Waals surface area contributed by atoms with Crippen LogP contribution in [0, 0.1) is 0 Å². The molecule has 2 rings (SSSR count). The van der Waals surface area contributed by atoms with Crippen molar-refractivity contribution in [3.05, 3.63) is 0 Å². The van der Waals surface area contributed by atoms with E-state index in [1.165, 1.54) is 11.8 Å². The van der Waals surface area contributed by atoms with E-state index in [-0.39, 0.29) is 18.4 Å². The summed E-state index contributed by atoms with van der Waals surface area (Å²) < 4.78 is 0. The highest BCUT2D eigenvalue weighted by molar-refractivity contribution is 5.96. The van der Waals surface area contributed by atoms with Crippen LogP contribution in [0.3, 0.4) is 0 Å². The third kappa shape index (κ3) is 11.4. The number of carbonyl (C=O) groups is 6. The van der Waals surface area contributed by atoms with Gasteiger partial charge in [0, 0.05) is 6.54 Å². The Balaban J connectivity index is 2.02. The maximum absolute atomic E-state index is 13.7. The molecule has 10 N–H and O–H groups in total. The molecule has 2 heterocycles. The molecule has 6 atom stereocenters. The van der Waals surface area contributed by atoms with Gasteiger partial charge in [-0.25, -0.2) is 4.79 Å². The number of hydrogen-bond acceptors (Lipinski definition) is 9. The number of nitrogens with two attached hydrogens (primary N) is 2. The van der Waals surface area contributed by atoms with Crippen molar-refractivity contribution in [3.8, 4) is 0 Å². The quantitative estimate of drug-likeness (QED) is 0.0798. The second kappa shape index (κ2) is 18.4. The van der Waals surface area contributed by atoms with Crippen LogP contribution >= 0.6 is 0 Å². The molecule has 0 aromatic carbocycles. The molecule has 0 saturated carbocycles. The summed E-state index contributed by atoms with van der Waals surface area (Å²) in [7, 11) is 0. The van der Waals surface area contributed by atoms with Crippen LogP contribution in [0.4, 0.5) is 0 Å². The molecular formula is C28H50N8O7. The first-order chi connectivity index (χ1) is 20.5. The molecule has 5 amide bonds. The summed E-state index contributed by atoms with van der Waals surface area (Å²) >= 11 is 0. The van der Waals surface area contributed by atoms with E-state index in [0.717, 1.165) is 13.0 Å². The average molecular weight is 611 g/mol. The molecule has 0 unspecified atom stereocenters. The number of unbranched alkanes of at least 4 members (excludes halogenated alkanes) is 2.